The van der Waals surface area contributed by atoms with Crippen molar-refractivity contribution >= 4 is 6.09 Å². The van der Waals surface area contributed by atoms with Gasteiger partial charge in [-0.3, -0.25) is 0 Å². The highest BCUT2D eigenvalue weighted by Gasteiger charge is 2.39. The maximum Gasteiger partial charge on any atom is 0.410 e. The molecule has 0 radical (unpaired) electrons. The molecule has 1 N–H and O–H groups in total. The van der Waals surface area contributed by atoms with Crippen LogP contribution in [0.5, 0.6) is 0 Å². The fraction of sp³-hybridized carbons (Fsp3) is 0.588. The molecule has 1 aromatic rings. The van der Waals surface area contributed by atoms with Crippen molar-refractivity contribution in [3.63, 3.8) is 0 Å². The number of rotatable bonds is 2. The number of nitrogens with zero attached hydrogens (tertiary/aromatic N) is 1. The first-order chi connectivity index (χ1) is 10.7. The average molecular weight is 327 g/mol. The van der Waals surface area contributed by atoms with Crippen LogP contribution in [0.1, 0.15) is 39.2 Å². The van der Waals surface area contributed by atoms with Gasteiger partial charge in [-0.2, -0.15) is 0 Å². The van der Waals surface area contributed by atoms with E-state index in [0.29, 0.717) is 31.5 Å². The van der Waals surface area contributed by atoms with Gasteiger partial charge in [0.2, 0.25) is 0 Å². The number of benzene rings is 1. The number of halogens is 2. The Hall–Kier alpha value is -1.69. The molecule has 0 spiro atoms. The first-order valence-electron chi connectivity index (χ1n) is 7.71. The lowest BCUT2D eigenvalue weighted by Crippen LogP contribution is -2.48. The Kier molecular flexibility index (Phi) is 4.94. The zero-order chi connectivity index (χ0) is 17.3. The van der Waals surface area contributed by atoms with Gasteiger partial charge in [0.1, 0.15) is 17.2 Å². The van der Waals surface area contributed by atoms with Crippen LogP contribution in [0.3, 0.4) is 0 Å². The summed E-state index contributed by atoms with van der Waals surface area (Å²) < 4.78 is 32.5. The van der Waals surface area contributed by atoms with Crippen LogP contribution >= 0.6 is 0 Å². The zero-order valence-corrected chi connectivity index (χ0v) is 13.7. The minimum Gasteiger partial charge on any atom is -0.444 e. The number of hydrogen-bond donors (Lipinski definition) is 1. The molecule has 0 atom stereocenters. The van der Waals surface area contributed by atoms with Crippen molar-refractivity contribution in [2.45, 2.75) is 44.6 Å². The molecule has 4 nitrogen and oxygen atoms in total. The van der Waals surface area contributed by atoms with Gasteiger partial charge in [-0.25, -0.2) is 13.6 Å². The summed E-state index contributed by atoms with van der Waals surface area (Å²) in [5.41, 5.74) is -1.08. The largest absolute Gasteiger partial charge is 0.444 e. The Morgan fingerprint density at radius 1 is 1.30 bits per heavy atom. The molecule has 0 unspecified atom stereocenters. The number of likely N-dealkylation sites (tertiary alicyclic amines) is 1. The lowest BCUT2D eigenvalue weighted by molar-refractivity contribution is 0.0120. The highest BCUT2D eigenvalue weighted by Crippen LogP contribution is 2.37. The van der Waals surface area contributed by atoms with Gasteiger partial charge < -0.3 is 14.7 Å². The standard InChI is InChI=1S/C17H23F2NO3/c1-16(2,3)23-15(22)20-8-6-17(11-21,7-9-20)13-5-4-12(18)10-14(13)19/h4-5,10,21H,6-9,11H2,1-3H3. The molecular weight excluding hydrogens is 304 g/mol. The fourth-order valence-corrected chi connectivity index (χ4v) is 2.88. The minimum absolute atomic E-state index is 0.252. The number of ether oxygens (including phenoxy) is 1. The summed E-state index contributed by atoms with van der Waals surface area (Å²) >= 11 is 0. The van der Waals surface area contributed by atoms with Gasteiger partial charge in [0.15, 0.2) is 0 Å². The number of piperidine rings is 1. The van der Waals surface area contributed by atoms with Gasteiger partial charge in [-0.05, 0) is 45.2 Å². The van der Waals surface area contributed by atoms with Crippen molar-refractivity contribution in [3.8, 4) is 0 Å². The molecular formula is C17H23F2NO3. The van der Waals surface area contributed by atoms with Gasteiger partial charge in [-0.15, -0.1) is 0 Å². The van der Waals surface area contributed by atoms with E-state index in [9.17, 15) is 18.7 Å². The predicted octanol–water partition coefficient (Wildman–Crippen LogP) is 3.23. The molecule has 0 saturated carbocycles. The van der Waals surface area contributed by atoms with E-state index in [1.54, 1.807) is 25.7 Å². The van der Waals surface area contributed by atoms with E-state index in [2.05, 4.69) is 0 Å². The summed E-state index contributed by atoms with van der Waals surface area (Å²) in [4.78, 5) is 13.6. The fourth-order valence-electron chi connectivity index (χ4n) is 2.88. The SMILES string of the molecule is CC(C)(C)OC(=O)N1CCC(CO)(c2ccc(F)cc2F)CC1. The molecule has 1 saturated heterocycles. The quantitative estimate of drug-likeness (QED) is 0.907. The predicted molar refractivity (Wildman–Crippen MR) is 82.2 cm³/mol. The number of carbonyl (C=O) groups is 1. The first kappa shape index (κ1) is 17.7. The topological polar surface area (TPSA) is 49.8 Å². The average Bonchev–Trinajstić information content (AvgIpc) is 2.45. The third-order valence-corrected chi connectivity index (χ3v) is 4.18. The molecule has 1 heterocycles. The van der Waals surface area contributed by atoms with E-state index < -0.39 is 28.7 Å². The molecule has 128 valence electrons. The van der Waals surface area contributed by atoms with Gasteiger partial charge >= 0.3 is 6.09 Å². The molecule has 1 aliphatic heterocycles. The van der Waals surface area contributed by atoms with E-state index in [1.165, 1.54) is 12.1 Å². The second-order valence-electron chi connectivity index (χ2n) is 7.03. The van der Waals surface area contributed by atoms with Crippen LogP contribution in [-0.4, -0.2) is 41.4 Å². The van der Waals surface area contributed by atoms with Crippen LogP contribution in [0.2, 0.25) is 0 Å². The van der Waals surface area contributed by atoms with Crippen molar-refractivity contribution in [1.82, 2.24) is 4.90 Å². The lowest BCUT2D eigenvalue weighted by atomic mass is 9.73. The first-order valence-corrected chi connectivity index (χ1v) is 7.71. The summed E-state index contributed by atoms with van der Waals surface area (Å²) in [6, 6.07) is 3.40. The molecule has 2 rings (SSSR count). The highest BCUT2D eigenvalue weighted by molar-refractivity contribution is 5.68. The van der Waals surface area contributed by atoms with Crippen LogP contribution in [0.25, 0.3) is 0 Å². The maximum atomic E-state index is 14.1. The molecule has 1 aliphatic rings. The van der Waals surface area contributed by atoms with Crippen LogP contribution in [-0.2, 0) is 10.2 Å². The van der Waals surface area contributed by atoms with Gasteiger partial charge in [-0.1, -0.05) is 6.07 Å². The monoisotopic (exact) mass is 327 g/mol. The summed E-state index contributed by atoms with van der Waals surface area (Å²) in [6.07, 6.45) is 0.375. The molecule has 0 aromatic heterocycles. The number of hydrogen-bond acceptors (Lipinski definition) is 3. The maximum absolute atomic E-state index is 14.1. The van der Waals surface area contributed by atoms with Crippen LogP contribution in [0.4, 0.5) is 13.6 Å². The van der Waals surface area contributed by atoms with Crippen LogP contribution in [0, 0.1) is 11.6 Å². The van der Waals surface area contributed by atoms with Gasteiger partial charge in [0.25, 0.3) is 0 Å². The molecule has 1 aromatic carbocycles. The lowest BCUT2D eigenvalue weighted by Gasteiger charge is -2.41. The Morgan fingerprint density at radius 3 is 2.39 bits per heavy atom. The second-order valence-corrected chi connectivity index (χ2v) is 7.03. The zero-order valence-electron chi connectivity index (χ0n) is 13.7. The van der Waals surface area contributed by atoms with E-state index in [1.807, 2.05) is 0 Å². The number of aliphatic hydroxyl groups excluding tert-OH is 1. The van der Waals surface area contributed by atoms with E-state index in [4.69, 9.17) is 4.74 Å². The van der Waals surface area contributed by atoms with E-state index >= 15 is 0 Å². The molecule has 6 heteroatoms. The smallest absolute Gasteiger partial charge is 0.410 e. The van der Waals surface area contributed by atoms with Crippen LogP contribution < -0.4 is 0 Å². The van der Waals surface area contributed by atoms with Crippen LogP contribution in [0.15, 0.2) is 18.2 Å². The number of amides is 1. The van der Waals surface area contributed by atoms with Gasteiger partial charge in [0, 0.05) is 24.6 Å². The molecule has 23 heavy (non-hydrogen) atoms. The summed E-state index contributed by atoms with van der Waals surface area (Å²) in [5, 5.41) is 9.80. The number of carbonyl (C=O) groups excluding carboxylic acids is 1. The van der Waals surface area contributed by atoms with Crippen molar-refractivity contribution < 1.29 is 23.4 Å². The van der Waals surface area contributed by atoms with Gasteiger partial charge in [0.05, 0.1) is 6.61 Å². The Bertz CT molecular complexity index is 576. The van der Waals surface area contributed by atoms with E-state index in [0.717, 1.165) is 6.07 Å². The summed E-state index contributed by atoms with van der Waals surface area (Å²) in [6.45, 7) is 5.83. The Morgan fingerprint density at radius 2 is 1.91 bits per heavy atom. The van der Waals surface area contributed by atoms with Crippen molar-refractivity contribution in [3.05, 3.63) is 35.4 Å². The minimum atomic E-state index is -0.795. The number of aliphatic hydroxyl groups is 1. The molecule has 0 bridgehead atoms. The summed E-state index contributed by atoms with van der Waals surface area (Å²) in [7, 11) is 0. The Balaban J connectivity index is 2.12. The molecule has 1 amide bonds. The van der Waals surface area contributed by atoms with Crippen molar-refractivity contribution in [1.29, 1.82) is 0 Å². The molecule has 0 aliphatic carbocycles. The summed E-state index contributed by atoms with van der Waals surface area (Å²) in [5.74, 6) is -1.31. The Labute approximate surface area is 135 Å². The normalized spacial score (nSPS) is 17.9. The van der Waals surface area contributed by atoms with E-state index in [-0.39, 0.29) is 6.61 Å². The highest BCUT2D eigenvalue weighted by atomic mass is 19.1. The second kappa shape index (κ2) is 6.43. The molecule has 1 fully saturated rings. The van der Waals surface area contributed by atoms with Crippen molar-refractivity contribution in [2.75, 3.05) is 19.7 Å². The third kappa shape index (κ3) is 3.99. The van der Waals surface area contributed by atoms with Crippen molar-refractivity contribution in [2.24, 2.45) is 0 Å². The third-order valence-electron chi connectivity index (χ3n) is 4.18.